The summed E-state index contributed by atoms with van der Waals surface area (Å²) in [5.74, 6) is 1.98. The molecule has 0 bridgehead atoms. The minimum Gasteiger partial charge on any atom is -0.496 e. The predicted octanol–water partition coefficient (Wildman–Crippen LogP) is 5.35. The molecule has 0 unspecified atom stereocenters. The van der Waals surface area contributed by atoms with Gasteiger partial charge in [-0.3, -0.25) is 0 Å². The van der Waals surface area contributed by atoms with Crippen molar-refractivity contribution in [1.29, 1.82) is 0 Å². The summed E-state index contributed by atoms with van der Waals surface area (Å²) in [7, 11) is 4.92. The molecule has 4 rings (SSSR count). The normalized spacial score (nSPS) is 11.6. The lowest BCUT2D eigenvalue weighted by atomic mass is 10.0. The van der Waals surface area contributed by atoms with Gasteiger partial charge in [-0.2, -0.15) is 9.61 Å². The first-order valence-electron chi connectivity index (χ1n) is 10.7. The van der Waals surface area contributed by atoms with Crippen molar-refractivity contribution in [2.75, 3.05) is 21.3 Å². The minimum atomic E-state index is 0.403. The number of fused-ring (bicyclic) bond motifs is 3. The Bertz CT molecular complexity index is 1230. The molecule has 31 heavy (non-hydrogen) atoms. The number of nitrogens with zero attached hydrogens (tertiary/aromatic N) is 4. The largest absolute Gasteiger partial charge is 0.496 e. The Kier molecular flexibility index (Phi) is 5.52. The molecule has 164 valence electrons. The monoisotopic (exact) mass is 422 g/mol. The van der Waals surface area contributed by atoms with Gasteiger partial charge in [-0.15, -0.1) is 0 Å². The molecule has 0 N–H and O–H groups in total. The van der Waals surface area contributed by atoms with E-state index < -0.39 is 0 Å². The van der Waals surface area contributed by atoms with Crippen molar-refractivity contribution >= 4 is 16.7 Å². The highest BCUT2D eigenvalue weighted by Gasteiger charge is 2.25. The van der Waals surface area contributed by atoms with Gasteiger partial charge in [0, 0.05) is 29.8 Å². The van der Waals surface area contributed by atoms with Crippen LogP contribution in [-0.2, 0) is 0 Å². The van der Waals surface area contributed by atoms with Gasteiger partial charge in [-0.25, -0.2) is 4.98 Å². The Hall–Kier alpha value is -3.22. The van der Waals surface area contributed by atoms with Gasteiger partial charge in [0.05, 0.1) is 43.8 Å². The van der Waals surface area contributed by atoms with Crippen LogP contribution in [0.4, 0.5) is 0 Å². The molecule has 7 nitrogen and oxygen atoms in total. The zero-order valence-electron chi connectivity index (χ0n) is 19.3. The molecule has 0 aliphatic carbocycles. The van der Waals surface area contributed by atoms with Crippen LogP contribution in [0.3, 0.4) is 0 Å². The van der Waals surface area contributed by atoms with E-state index in [1.165, 1.54) is 0 Å². The molecule has 7 heteroatoms. The van der Waals surface area contributed by atoms with Gasteiger partial charge in [-0.05, 0) is 32.8 Å². The molecule has 0 atom stereocenters. The molecule has 3 aromatic heterocycles. The van der Waals surface area contributed by atoms with Crippen molar-refractivity contribution in [3.05, 3.63) is 35.8 Å². The van der Waals surface area contributed by atoms with Gasteiger partial charge in [0.15, 0.2) is 5.65 Å². The minimum absolute atomic E-state index is 0.403. The quantitative estimate of drug-likeness (QED) is 0.401. The van der Waals surface area contributed by atoms with Gasteiger partial charge in [0.25, 0.3) is 0 Å². The summed E-state index contributed by atoms with van der Waals surface area (Å²) in [5, 5.41) is 6.04. The molecule has 0 spiro atoms. The fraction of sp³-hybridized carbons (Fsp3) is 0.417. The molecule has 0 aliphatic rings. The van der Waals surface area contributed by atoms with Crippen molar-refractivity contribution in [3.63, 3.8) is 0 Å². The maximum absolute atomic E-state index is 5.73. The van der Waals surface area contributed by atoms with Crippen molar-refractivity contribution in [1.82, 2.24) is 19.2 Å². The van der Waals surface area contributed by atoms with E-state index in [0.29, 0.717) is 23.3 Å². The Morgan fingerprint density at radius 3 is 2.10 bits per heavy atom. The maximum Gasteiger partial charge on any atom is 0.166 e. The first kappa shape index (κ1) is 21.0. The third kappa shape index (κ3) is 3.19. The second kappa shape index (κ2) is 8.13. The van der Waals surface area contributed by atoms with Crippen molar-refractivity contribution in [2.24, 2.45) is 0 Å². The fourth-order valence-electron chi connectivity index (χ4n) is 4.45. The number of aromatic nitrogens is 4. The number of ether oxygens (including phenoxy) is 3. The van der Waals surface area contributed by atoms with Crippen molar-refractivity contribution in [2.45, 2.75) is 46.6 Å². The zero-order valence-corrected chi connectivity index (χ0v) is 19.3. The van der Waals surface area contributed by atoms with E-state index >= 15 is 0 Å². The van der Waals surface area contributed by atoms with Crippen LogP contribution in [0, 0.1) is 13.8 Å². The lowest BCUT2D eigenvalue weighted by Crippen LogP contribution is -2.09. The summed E-state index contributed by atoms with van der Waals surface area (Å²) in [6, 6.07) is 6.26. The number of hydrogen-bond acceptors (Lipinski definition) is 5. The van der Waals surface area contributed by atoms with Crippen molar-refractivity contribution < 1.29 is 14.2 Å². The average Bonchev–Trinajstić information content (AvgIpc) is 3.35. The molecular weight excluding hydrogens is 392 g/mol. The van der Waals surface area contributed by atoms with Gasteiger partial charge in [-0.1, -0.05) is 13.8 Å². The van der Waals surface area contributed by atoms with Gasteiger partial charge in [0.2, 0.25) is 0 Å². The molecule has 0 saturated heterocycles. The first-order chi connectivity index (χ1) is 15.0. The maximum atomic E-state index is 5.73. The highest BCUT2D eigenvalue weighted by molar-refractivity contribution is 5.92. The van der Waals surface area contributed by atoms with E-state index in [1.807, 2.05) is 30.5 Å². The lowest BCUT2D eigenvalue weighted by molar-refractivity contribution is 0.377. The van der Waals surface area contributed by atoms with Crippen molar-refractivity contribution in [3.8, 4) is 28.4 Å². The second-order valence-electron chi connectivity index (χ2n) is 7.73. The van der Waals surface area contributed by atoms with E-state index in [1.54, 1.807) is 21.3 Å². The summed E-state index contributed by atoms with van der Waals surface area (Å²) in [6.45, 7) is 8.49. The van der Waals surface area contributed by atoms with Crippen LogP contribution in [0.5, 0.6) is 17.2 Å². The molecule has 0 fully saturated rings. The predicted molar refractivity (Wildman–Crippen MR) is 123 cm³/mol. The van der Waals surface area contributed by atoms with Crippen LogP contribution in [0.2, 0.25) is 0 Å². The van der Waals surface area contributed by atoms with Crippen LogP contribution in [0.15, 0.2) is 24.4 Å². The van der Waals surface area contributed by atoms with Gasteiger partial charge in [0.1, 0.15) is 22.9 Å². The van der Waals surface area contributed by atoms with Crippen LogP contribution in [0.1, 0.15) is 44.1 Å². The lowest BCUT2D eigenvalue weighted by Gasteiger charge is -2.17. The Balaban J connectivity index is 2.11. The highest BCUT2D eigenvalue weighted by Crippen LogP contribution is 2.45. The molecule has 3 heterocycles. The number of benzene rings is 1. The third-order valence-corrected chi connectivity index (χ3v) is 6.09. The fourth-order valence-corrected chi connectivity index (χ4v) is 4.45. The number of methoxy groups -OCH3 is 3. The Labute approximate surface area is 182 Å². The molecule has 0 aliphatic heterocycles. The SMILES string of the molecule is CCC(CC)n1ccc2c(C)nc3c(-c4c(OC)cc(OC)cc4OC)c(C)nn3c21. The standard InChI is InChI=1S/C24H30N4O3/c1-8-16(9-2)27-11-10-18-14(3)25-23-21(15(4)26-28(23)24(18)27)22-19(30-6)12-17(29-5)13-20(22)31-7/h10-13,16H,8-9H2,1-7H3. The third-order valence-electron chi connectivity index (χ3n) is 6.09. The zero-order chi connectivity index (χ0) is 22.3. The topological polar surface area (TPSA) is 62.8 Å². The molecule has 0 radical (unpaired) electrons. The first-order valence-corrected chi connectivity index (χ1v) is 10.7. The highest BCUT2D eigenvalue weighted by atomic mass is 16.5. The van der Waals surface area contributed by atoms with E-state index in [2.05, 4.69) is 30.7 Å². The van der Waals surface area contributed by atoms with Gasteiger partial charge >= 0.3 is 0 Å². The Morgan fingerprint density at radius 1 is 0.903 bits per heavy atom. The molecule has 0 amide bonds. The number of aryl methyl sites for hydroxylation is 2. The Morgan fingerprint density at radius 2 is 1.55 bits per heavy atom. The molecule has 4 aromatic rings. The summed E-state index contributed by atoms with van der Waals surface area (Å²) in [6.07, 6.45) is 4.26. The van der Waals surface area contributed by atoms with Crippen LogP contribution in [0.25, 0.3) is 27.8 Å². The summed E-state index contributed by atoms with van der Waals surface area (Å²) in [4.78, 5) is 4.96. The van der Waals surface area contributed by atoms with E-state index in [4.69, 9.17) is 24.3 Å². The number of hydrogen-bond donors (Lipinski definition) is 0. The smallest absolute Gasteiger partial charge is 0.166 e. The van der Waals surface area contributed by atoms with E-state index in [9.17, 15) is 0 Å². The van der Waals surface area contributed by atoms with E-state index in [0.717, 1.165) is 52.0 Å². The summed E-state index contributed by atoms with van der Waals surface area (Å²) >= 11 is 0. The second-order valence-corrected chi connectivity index (χ2v) is 7.73. The molecule has 0 saturated carbocycles. The number of rotatable bonds is 7. The van der Waals surface area contributed by atoms with Gasteiger partial charge < -0.3 is 18.8 Å². The average molecular weight is 423 g/mol. The van der Waals surface area contributed by atoms with Crippen LogP contribution in [-0.4, -0.2) is 40.5 Å². The summed E-state index contributed by atoms with van der Waals surface area (Å²) in [5.41, 5.74) is 5.41. The molecular formula is C24H30N4O3. The van der Waals surface area contributed by atoms with E-state index in [-0.39, 0.29) is 0 Å². The molecule has 1 aromatic carbocycles. The van der Waals surface area contributed by atoms with Crippen LogP contribution < -0.4 is 14.2 Å². The summed E-state index contributed by atoms with van der Waals surface area (Å²) < 4.78 is 21.2. The van der Waals surface area contributed by atoms with Crippen LogP contribution >= 0.6 is 0 Å².